The molecule has 0 radical (unpaired) electrons. The van der Waals surface area contributed by atoms with Gasteiger partial charge in [0.2, 0.25) is 0 Å². The molecule has 8 heteroatoms. The second-order valence-electron chi connectivity index (χ2n) is 5.93. The molecule has 0 aliphatic heterocycles. The lowest BCUT2D eigenvalue weighted by Crippen LogP contribution is -2.35. The highest BCUT2D eigenvalue weighted by molar-refractivity contribution is 7.19. The summed E-state index contributed by atoms with van der Waals surface area (Å²) in [5.41, 5.74) is 0.615. The third-order valence-corrected chi connectivity index (χ3v) is 6.11. The number of fused-ring (bicyclic) bond motifs is 1. The number of benzene rings is 1. The summed E-state index contributed by atoms with van der Waals surface area (Å²) in [5, 5.41) is 1.26. The van der Waals surface area contributed by atoms with Crippen LogP contribution in [0.1, 0.15) is 25.1 Å². The molecule has 0 atom stereocenters. The van der Waals surface area contributed by atoms with E-state index < -0.39 is 11.2 Å². The fourth-order valence-electron chi connectivity index (χ4n) is 2.84. The number of Topliss-reactive ketones (excluding diaryl/α,β-unsaturated/α-hetero) is 1. The van der Waals surface area contributed by atoms with E-state index in [0.717, 1.165) is 20.6 Å². The zero-order valence-electron chi connectivity index (χ0n) is 14.2. The van der Waals surface area contributed by atoms with Crippen LogP contribution < -0.4 is 11.2 Å². The first kappa shape index (κ1) is 18.9. The second-order valence-corrected chi connectivity index (χ2v) is 7.85. The number of thiophene rings is 1. The zero-order chi connectivity index (χ0) is 19.0. The molecule has 26 heavy (non-hydrogen) atoms. The smallest absolute Gasteiger partial charge is 0.300 e. The maximum Gasteiger partial charge on any atom is 0.329 e. The lowest BCUT2D eigenvalue weighted by molar-refractivity contribution is -0.117. The van der Waals surface area contributed by atoms with Gasteiger partial charge in [-0.1, -0.05) is 36.2 Å². The van der Waals surface area contributed by atoms with Crippen LogP contribution in [0.5, 0.6) is 0 Å². The molecule has 2 aromatic heterocycles. The minimum atomic E-state index is -0.506. The SMILES string of the molecule is CCc1sc2[nH]c(=O)n(CCC(C)=O)c(=O)c2c1-c1ccc(Cl)c(Cl)c1. The highest BCUT2D eigenvalue weighted by Gasteiger charge is 2.20. The summed E-state index contributed by atoms with van der Waals surface area (Å²) in [6, 6.07) is 5.20. The van der Waals surface area contributed by atoms with Gasteiger partial charge in [-0.05, 0) is 31.0 Å². The number of halogens is 2. The number of hydrogen-bond donors (Lipinski definition) is 1. The fraction of sp³-hybridized carbons (Fsp3) is 0.278. The van der Waals surface area contributed by atoms with E-state index in [1.165, 1.54) is 18.3 Å². The Morgan fingerprint density at radius 3 is 2.58 bits per heavy atom. The molecule has 0 bridgehead atoms. The van der Waals surface area contributed by atoms with Crippen LogP contribution in [0, 0.1) is 0 Å². The van der Waals surface area contributed by atoms with Crippen molar-refractivity contribution >= 4 is 50.5 Å². The molecule has 0 aliphatic carbocycles. The maximum atomic E-state index is 13.0. The Hall–Kier alpha value is -1.89. The molecule has 2 heterocycles. The van der Waals surface area contributed by atoms with Crippen LogP contribution in [0.3, 0.4) is 0 Å². The van der Waals surface area contributed by atoms with E-state index in [1.807, 2.05) is 6.92 Å². The molecule has 0 unspecified atom stereocenters. The molecule has 5 nitrogen and oxygen atoms in total. The van der Waals surface area contributed by atoms with Crippen molar-refractivity contribution in [3.8, 4) is 11.1 Å². The maximum absolute atomic E-state index is 13.0. The molecule has 1 aromatic carbocycles. The first-order valence-electron chi connectivity index (χ1n) is 8.06. The van der Waals surface area contributed by atoms with Crippen LogP contribution in [0.4, 0.5) is 0 Å². The molecule has 3 rings (SSSR count). The number of rotatable bonds is 5. The topological polar surface area (TPSA) is 71.9 Å². The summed E-state index contributed by atoms with van der Waals surface area (Å²) >= 11 is 13.5. The lowest BCUT2D eigenvalue weighted by Gasteiger charge is -2.07. The van der Waals surface area contributed by atoms with Crippen LogP contribution >= 0.6 is 34.5 Å². The standard InChI is InChI=1S/C18H16Cl2N2O3S/c1-3-13-14(10-4-5-11(19)12(20)8-10)15-16(26-13)21-18(25)22(17(15)24)7-6-9(2)23/h4-5,8H,3,6-7H2,1-2H3,(H,21,25). The average Bonchev–Trinajstić information content (AvgIpc) is 2.95. The van der Waals surface area contributed by atoms with Crippen molar-refractivity contribution in [1.82, 2.24) is 9.55 Å². The number of aryl methyl sites for hydroxylation is 1. The average molecular weight is 411 g/mol. The molecule has 0 saturated heterocycles. The van der Waals surface area contributed by atoms with Crippen molar-refractivity contribution in [1.29, 1.82) is 0 Å². The number of nitrogens with one attached hydrogen (secondary N) is 1. The van der Waals surface area contributed by atoms with E-state index in [2.05, 4.69) is 4.98 Å². The highest BCUT2D eigenvalue weighted by Crippen LogP contribution is 2.38. The third kappa shape index (κ3) is 3.37. The van der Waals surface area contributed by atoms with Gasteiger partial charge in [0.25, 0.3) is 5.56 Å². The lowest BCUT2D eigenvalue weighted by atomic mass is 10.0. The minimum absolute atomic E-state index is 0.0531. The molecular weight excluding hydrogens is 395 g/mol. The van der Waals surface area contributed by atoms with Gasteiger partial charge in [-0.2, -0.15) is 0 Å². The predicted molar refractivity (Wildman–Crippen MR) is 107 cm³/mol. The molecule has 0 aliphatic rings. The Balaban J connectivity index is 2.32. The summed E-state index contributed by atoms with van der Waals surface area (Å²) in [6.45, 7) is 3.47. The normalized spacial score (nSPS) is 11.2. The van der Waals surface area contributed by atoms with Crippen molar-refractivity contribution in [2.45, 2.75) is 33.2 Å². The zero-order valence-corrected chi connectivity index (χ0v) is 16.5. The van der Waals surface area contributed by atoms with Gasteiger partial charge in [-0.25, -0.2) is 4.79 Å². The van der Waals surface area contributed by atoms with Crippen LogP contribution in [-0.2, 0) is 17.8 Å². The number of aromatic nitrogens is 2. The highest BCUT2D eigenvalue weighted by atomic mass is 35.5. The van der Waals surface area contributed by atoms with Gasteiger partial charge in [0.15, 0.2) is 0 Å². The Kier molecular flexibility index (Phi) is 5.37. The van der Waals surface area contributed by atoms with Crippen molar-refractivity contribution in [3.05, 3.63) is 54.0 Å². The summed E-state index contributed by atoms with van der Waals surface area (Å²) in [5.74, 6) is -0.0827. The largest absolute Gasteiger partial charge is 0.329 e. The third-order valence-electron chi connectivity index (χ3n) is 4.12. The Morgan fingerprint density at radius 1 is 1.23 bits per heavy atom. The Morgan fingerprint density at radius 2 is 1.96 bits per heavy atom. The number of aromatic amines is 1. The number of hydrogen-bond acceptors (Lipinski definition) is 4. The van der Waals surface area contributed by atoms with Gasteiger partial charge in [0.1, 0.15) is 10.6 Å². The molecule has 0 saturated carbocycles. The summed E-state index contributed by atoms with van der Waals surface area (Å²) in [7, 11) is 0. The van der Waals surface area contributed by atoms with E-state index in [-0.39, 0.29) is 18.7 Å². The predicted octanol–water partition coefficient (Wildman–Crippen LogP) is 4.27. The minimum Gasteiger partial charge on any atom is -0.300 e. The number of H-pyrrole nitrogens is 1. The van der Waals surface area contributed by atoms with E-state index in [4.69, 9.17) is 23.2 Å². The van der Waals surface area contributed by atoms with Gasteiger partial charge in [0.05, 0.1) is 15.4 Å². The monoisotopic (exact) mass is 410 g/mol. The van der Waals surface area contributed by atoms with Gasteiger partial charge in [-0.3, -0.25) is 19.1 Å². The first-order chi connectivity index (χ1) is 12.3. The van der Waals surface area contributed by atoms with Gasteiger partial charge >= 0.3 is 5.69 Å². The molecule has 1 N–H and O–H groups in total. The number of carbonyl (C=O) groups excluding carboxylic acids is 1. The number of nitrogens with zero attached hydrogens (tertiary/aromatic N) is 1. The van der Waals surface area contributed by atoms with Gasteiger partial charge in [0, 0.05) is 23.4 Å². The van der Waals surface area contributed by atoms with Crippen molar-refractivity contribution in [2.75, 3.05) is 0 Å². The second kappa shape index (κ2) is 7.39. The van der Waals surface area contributed by atoms with E-state index in [1.54, 1.807) is 18.2 Å². The van der Waals surface area contributed by atoms with Crippen molar-refractivity contribution in [2.24, 2.45) is 0 Å². The van der Waals surface area contributed by atoms with Crippen LogP contribution in [0.2, 0.25) is 10.0 Å². The molecule has 136 valence electrons. The van der Waals surface area contributed by atoms with E-state index in [9.17, 15) is 14.4 Å². The van der Waals surface area contributed by atoms with Crippen LogP contribution in [-0.4, -0.2) is 15.3 Å². The molecule has 0 spiro atoms. The van der Waals surface area contributed by atoms with Crippen molar-refractivity contribution < 1.29 is 4.79 Å². The first-order valence-corrected chi connectivity index (χ1v) is 9.64. The summed E-state index contributed by atoms with van der Waals surface area (Å²) < 4.78 is 1.08. The summed E-state index contributed by atoms with van der Waals surface area (Å²) in [4.78, 5) is 40.8. The van der Waals surface area contributed by atoms with Crippen LogP contribution in [0.15, 0.2) is 27.8 Å². The van der Waals surface area contributed by atoms with Crippen molar-refractivity contribution in [3.63, 3.8) is 0 Å². The summed E-state index contributed by atoms with van der Waals surface area (Å²) in [6.07, 6.45) is 0.825. The Bertz CT molecular complexity index is 1130. The van der Waals surface area contributed by atoms with E-state index >= 15 is 0 Å². The molecular formula is C18H16Cl2N2O3S. The Labute approximate surface area is 163 Å². The quantitative estimate of drug-likeness (QED) is 0.682. The van der Waals surface area contributed by atoms with E-state index in [0.29, 0.717) is 26.7 Å². The molecule has 3 aromatic rings. The number of ketones is 1. The van der Waals surface area contributed by atoms with Crippen LogP contribution in [0.25, 0.3) is 21.3 Å². The number of carbonyl (C=O) groups is 1. The fourth-order valence-corrected chi connectivity index (χ4v) is 4.28. The molecule has 0 fully saturated rings. The van der Waals surface area contributed by atoms with Gasteiger partial charge < -0.3 is 0 Å². The molecule has 0 amide bonds. The van der Waals surface area contributed by atoms with Gasteiger partial charge in [-0.15, -0.1) is 11.3 Å².